The molecule has 0 radical (unpaired) electrons. The molecule has 0 aromatic heterocycles. The van der Waals surface area contributed by atoms with Crippen molar-refractivity contribution in [1.29, 1.82) is 0 Å². The molecular formula is C14H26N2OSi. The van der Waals surface area contributed by atoms with Crippen molar-refractivity contribution in [2.45, 2.75) is 44.9 Å². The Labute approximate surface area is 112 Å². The molecule has 0 amide bonds. The molecule has 0 aromatic rings. The minimum Gasteiger partial charge on any atom is -0.404 e. The van der Waals surface area contributed by atoms with Crippen LogP contribution >= 0.6 is 0 Å². The first-order chi connectivity index (χ1) is 8.44. The molecule has 102 valence electrons. The first-order valence-corrected chi connectivity index (χ1v) is 10.4. The predicted molar refractivity (Wildman–Crippen MR) is 81.7 cm³/mol. The zero-order valence-corrected chi connectivity index (χ0v) is 13.0. The Morgan fingerprint density at radius 2 is 2.11 bits per heavy atom. The van der Waals surface area contributed by atoms with Gasteiger partial charge >= 0.3 is 0 Å². The first kappa shape index (κ1) is 15.2. The van der Waals surface area contributed by atoms with Gasteiger partial charge in [0.1, 0.15) is 6.73 Å². The largest absolute Gasteiger partial charge is 0.404 e. The Morgan fingerprint density at radius 3 is 2.72 bits per heavy atom. The summed E-state index contributed by atoms with van der Waals surface area (Å²) < 4.78 is 5.59. The van der Waals surface area contributed by atoms with Gasteiger partial charge in [-0.05, 0) is 30.9 Å². The van der Waals surface area contributed by atoms with E-state index in [4.69, 9.17) is 10.5 Å². The van der Waals surface area contributed by atoms with Crippen molar-refractivity contribution >= 4 is 13.8 Å². The smallest absolute Gasteiger partial charge is 0.137 e. The van der Waals surface area contributed by atoms with Gasteiger partial charge in [0.05, 0.1) is 0 Å². The van der Waals surface area contributed by atoms with E-state index in [1.54, 1.807) is 6.20 Å². The van der Waals surface area contributed by atoms with Crippen molar-refractivity contribution in [3.63, 3.8) is 0 Å². The molecule has 3 nitrogen and oxygen atoms in total. The summed E-state index contributed by atoms with van der Waals surface area (Å²) in [6, 6.07) is 1.18. The van der Waals surface area contributed by atoms with E-state index < -0.39 is 8.07 Å². The second kappa shape index (κ2) is 6.90. The maximum Gasteiger partial charge on any atom is 0.137 e. The standard InChI is InChI=1S/C14H26N2OSi/c1-12-6-5-7-14(13(12)10-15)16-11-17-8-9-18(2,3)4/h10H,1,5-9,11,15H2,2-4H3. The lowest BCUT2D eigenvalue weighted by Crippen LogP contribution is -2.21. The molecule has 0 atom stereocenters. The minimum absolute atomic E-state index is 0.449. The third-order valence-electron chi connectivity index (χ3n) is 3.09. The molecule has 1 rings (SSSR count). The monoisotopic (exact) mass is 266 g/mol. The highest BCUT2D eigenvalue weighted by molar-refractivity contribution is 6.76. The Kier molecular flexibility index (Phi) is 5.82. The SMILES string of the molecule is C=C1CCCC(=NCOCC[Si](C)(C)C)C1=CN. The van der Waals surface area contributed by atoms with Crippen molar-refractivity contribution in [3.8, 4) is 0 Å². The molecule has 2 N–H and O–H groups in total. The summed E-state index contributed by atoms with van der Waals surface area (Å²) in [5.41, 5.74) is 8.81. The molecule has 18 heavy (non-hydrogen) atoms. The third kappa shape index (κ3) is 5.19. The normalized spacial score (nSPS) is 21.8. The van der Waals surface area contributed by atoms with Gasteiger partial charge in [0, 0.05) is 32.2 Å². The van der Waals surface area contributed by atoms with Crippen LogP contribution in [-0.4, -0.2) is 27.1 Å². The lowest BCUT2D eigenvalue weighted by Gasteiger charge is -2.19. The fraction of sp³-hybridized carbons (Fsp3) is 0.643. The van der Waals surface area contributed by atoms with Crippen LogP contribution in [0.1, 0.15) is 19.3 Å². The van der Waals surface area contributed by atoms with E-state index in [9.17, 15) is 0 Å². The molecule has 4 heteroatoms. The molecule has 1 aliphatic carbocycles. The van der Waals surface area contributed by atoms with Gasteiger partial charge in [0.15, 0.2) is 0 Å². The maximum absolute atomic E-state index is 5.63. The topological polar surface area (TPSA) is 47.6 Å². The fourth-order valence-electron chi connectivity index (χ4n) is 1.89. The van der Waals surface area contributed by atoms with Crippen molar-refractivity contribution in [1.82, 2.24) is 0 Å². The fourth-order valence-corrected chi connectivity index (χ4v) is 2.64. The molecule has 0 saturated heterocycles. The molecule has 1 aliphatic rings. The molecule has 0 aliphatic heterocycles. The second-order valence-electron chi connectivity index (χ2n) is 5.99. The van der Waals surface area contributed by atoms with Crippen LogP contribution in [0.4, 0.5) is 0 Å². The van der Waals surface area contributed by atoms with Crippen LogP contribution in [0.3, 0.4) is 0 Å². The van der Waals surface area contributed by atoms with Crippen molar-refractivity contribution < 1.29 is 4.74 Å². The van der Waals surface area contributed by atoms with Gasteiger partial charge in [0.25, 0.3) is 0 Å². The number of nitrogens with two attached hydrogens (primary N) is 1. The highest BCUT2D eigenvalue weighted by Crippen LogP contribution is 2.24. The number of hydrogen-bond donors (Lipinski definition) is 1. The molecule has 0 heterocycles. The van der Waals surface area contributed by atoms with E-state index in [1.807, 2.05) is 0 Å². The number of nitrogens with zero attached hydrogens (tertiary/aromatic N) is 1. The van der Waals surface area contributed by atoms with Crippen molar-refractivity contribution in [2.24, 2.45) is 10.7 Å². The Hall–Kier alpha value is -0.873. The summed E-state index contributed by atoms with van der Waals surface area (Å²) in [5, 5.41) is 0. The Morgan fingerprint density at radius 1 is 1.39 bits per heavy atom. The van der Waals surface area contributed by atoms with Gasteiger partial charge in [-0.2, -0.15) is 0 Å². The molecule has 1 saturated carbocycles. The van der Waals surface area contributed by atoms with Crippen LogP contribution in [-0.2, 0) is 4.74 Å². The molecule has 0 aromatic carbocycles. The summed E-state index contributed by atoms with van der Waals surface area (Å²) in [6.45, 7) is 12.3. The van der Waals surface area contributed by atoms with Gasteiger partial charge in [-0.25, -0.2) is 0 Å². The number of ether oxygens (including phenoxy) is 1. The number of rotatable bonds is 5. The van der Waals surface area contributed by atoms with Crippen LogP contribution in [0.5, 0.6) is 0 Å². The van der Waals surface area contributed by atoms with Gasteiger partial charge in [-0.3, -0.25) is 4.99 Å². The van der Waals surface area contributed by atoms with Gasteiger partial charge in [0.2, 0.25) is 0 Å². The van der Waals surface area contributed by atoms with Crippen molar-refractivity contribution in [3.05, 3.63) is 23.9 Å². The zero-order chi connectivity index (χ0) is 13.6. The van der Waals surface area contributed by atoms with E-state index in [-0.39, 0.29) is 0 Å². The summed E-state index contributed by atoms with van der Waals surface area (Å²) in [6.07, 6.45) is 4.75. The summed E-state index contributed by atoms with van der Waals surface area (Å²) in [4.78, 5) is 4.51. The van der Waals surface area contributed by atoms with Crippen LogP contribution in [0, 0.1) is 0 Å². The lowest BCUT2D eigenvalue weighted by atomic mass is 9.89. The Balaban J connectivity index is 2.39. The second-order valence-corrected chi connectivity index (χ2v) is 11.6. The van der Waals surface area contributed by atoms with Gasteiger partial charge in [-0.1, -0.05) is 26.2 Å². The summed E-state index contributed by atoms with van der Waals surface area (Å²) >= 11 is 0. The number of allylic oxidation sites excluding steroid dienone is 2. The zero-order valence-electron chi connectivity index (χ0n) is 12.0. The van der Waals surface area contributed by atoms with E-state index in [2.05, 4.69) is 31.2 Å². The van der Waals surface area contributed by atoms with E-state index in [0.717, 1.165) is 42.7 Å². The molecule has 0 bridgehead atoms. The quantitative estimate of drug-likeness (QED) is 0.613. The third-order valence-corrected chi connectivity index (χ3v) is 4.80. The highest BCUT2D eigenvalue weighted by atomic mass is 28.3. The number of hydrogen-bond acceptors (Lipinski definition) is 3. The Bertz CT molecular complexity index is 353. The lowest BCUT2D eigenvalue weighted by molar-refractivity contribution is 0.155. The molecule has 0 spiro atoms. The van der Waals surface area contributed by atoms with Crippen LogP contribution < -0.4 is 5.73 Å². The van der Waals surface area contributed by atoms with E-state index in [0.29, 0.717) is 6.73 Å². The highest BCUT2D eigenvalue weighted by Gasteiger charge is 2.16. The van der Waals surface area contributed by atoms with Gasteiger partial charge in [-0.15, -0.1) is 0 Å². The summed E-state index contributed by atoms with van der Waals surface area (Å²) in [5.74, 6) is 0. The average molecular weight is 266 g/mol. The van der Waals surface area contributed by atoms with E-state index >= 15 is 0 Å². The van der Waals surface area contributed by atoms with Crippen LogP contribution in [0.15, 0.2) is 28.9 Å². The van der Waals surface area contributed by atoms with Crippen LogP contribution in [0.25, 0.3) is 0 Å². The first-order valence-electron chi connectivity index (χ1n) is 6.65. The minimum atomic E-state index is -0.997. The van der Waals surface area contributed by atoms with E-state index in [1.165, 1.54) is 6.04 Å². The number of aliphatic imine (C=N–C) groups is 1. The molecule has 0 unspecified atom stereocenters. The maximum atomic E-state index is 5.63. The van der Waals surface area contributed by atoms with Crippen molar-refractivity contribution in [2.75, 3.05) is 13.3 Å². The predicted octanol–water partition coefficient (Wildman–Crippen LogP) is 3.32. The summed E-state index contributed by atoms with van der Waals surface area (Å²) in [7, 11) is -0.997. The average Bonchev–Trinajstić information content (AvgIpc) is 2.27. The molecule has 1 fully saturated rings. The molecular weight excluding hydrogens is 240 g/mol. The van der Waals surface area contributed by atoms with Gasteiger partial charge < -0.3 is 10.5 Å². The van der Waals surface area contributed by atoms with Crippen LogP contribution in [0.2, 0.25) is 25.7 Å².